The molecule has 0 bridgehead atoms. The molecule has 4 rings (SSSR count). The summed E-state index contributed by atoms with van der Waals surface area (Å²) in [7, 11) is 0. The SMILES string of the molecule is Cc1nc2c(C(=O)NCc3ccccc3Cl)cnn2c(C)c1Cc1cccc(Cl)c1. The first-order valence-corrected chi connectivity index (χ1v) is 10.3. The average molecular weight is 439 g/mol. The number of aromatic nitrogens is 3. The lowest BCUT2D eigenvalue weighted by Gasteiger charge is -2.12. The van der Waals surface area contributed by atoms with E-state index in [1.54, 1.807) is 16.8 Å². The first-order valence-electron chi connectivity index (χ1n) is 9.54. The van der Waals surface area contributed by atoms with Crippen LogP contribution in [0.2, 0.25) is 10.0 Å². The molecule has 0 aliphatic heterocycles. The van der Waals surface area contributed by atoms with Crippen molar-refractivity contribution in [2.45, 2.75) is 26.8 Å². The van der Waals surface area contributed by atoms with Crippen LogP contribution in [0.5, 0.6) is 0 Å². The number of halogens is 2. The molecule has 0 radical (unpaired) electrons. The molecule has 0 saturated heterocycles. The Bertz CT molecular complexity index is 1250. The van der Waals surface area contributed by atoms with Gasteiger partial charge in [0.25, 0.3) is 5.91 Å². The summed E-state index contributed by atoms with van der Waals surface area (Å²) in [4.78, 5) is 17.5. The molecule has 1 amide bonds. The molecule has 30 heavy (non-hydrogen) atoms. The number of rotatable bonds is 5. The van der Waals surface area contributed by atoms with E-state index in [9.17, 15) is 4.79 Å². The number of amides is 1. The first-order chi connectivity index (χ1) is 14.4. The van der Waals surface area contributed by atoms with E-state index < -0.39 is 0 Å². The first kappa shape index (κ1) is 20.4. The van der Waals surface area contributed by atoms with Crippen LogP contribution in [0.25, 0.3) is 5.65 Å². The van der Waals surface area contributed by atoms with Crippen molar-refractivity contribution in [2.75, 3.05) is 0 Å². The maximum absolute atomic E-state index is 12.8. The molecule has 152 valence electrons. The summed E-state index contributed by atoms with van der Waals surface area (Å²) in [5.74, 6) is -0.237. The Labute approximate surface area is 184 Å². The molecule has 7 heteroatoms. The van der Waals surface area contributed by atoms with Gasteiger partial charge in [0.1, 0.15) is 5.56 Å². The summed E-state index contributed by atoms with van der Waals surface area (Å²) in [5, 5.41) is 8.64. The lowest BCUT2D eigenvalue weighted by molar-refractivity contribution is 0.0952. The fourth-order valence-electron chi connectivity index (χ4n) is 3.49. The Morgan fingerprint density at radius 2 is 1.90 bits per heavy atom. The van der Waals surface area contributed by atoms with Gasteiger partial charge in [0.15, 0.2) is 5.65 Å². The van der Waals surface area contributed by atoms with Gasteiger partial charge in [-0.2, -0.15) is 5.10 Å². The lowest BCUT2D eigenvalue weighted by Crippen LogP contribution is -2.23. The van der Waals surface area contributed by atoms with E-state index in [1.165, 1.54) is 0 Å². The van der Waals surface area contributed by atoms with Gasteiger partial charge in [-0.15, -0.1) is 0 Å². The van der Waals surface area contributed by atoms with Gasteiger partial charge in [0.05, 0.1) is 6.20 Å². The highest BCUT2D eigenvalue weighted by Gasteiger charge is 2.18. The highest BCUT2D eigenvalue weighted by molar-refractivity contribution is 6.31. The summed E-state index contributed by atoms with van der Waals surface area (Å²) in [6.45, 7) is 4.27. The predicted octanol–water partition coefficient (Wildman–Crippen LogP) is 5.17. The fourth-order valence-corrected chi connectivity index (χ4v) is 3.91. The Morgan fingerprint density at radius 3 is 2.67 bits per heavy atom. The molecule has 5 nitrogen and oxygen atoms in total. The maximum atomic E-state index is 12.8. The smallest absolute Gasteiger partial charge is 0.257 e. The zero-order valence-electron chi connectivity index (χ0n) is 16.6. The average Bonchev–Trinajstić information content (AvgIpc) is 3.14. The van der Waals surface area contributed by atoms with Crippen molar-refractivity contribution in [3.63, 3.8) is 0 Å². The molecule has 1 N–H and O–H groups in total. The van der Waals surface area contributed by atoms with Crippen LogP contribution in [0.1, 0.15) is 38.4 Å². The minimum Gasteiger partial charge on any atom is -0.348 e. The van der Waals surface area contributed by atoms with Crippen molar-refractivity contribution in [1.29, 1.82) is 0 Å². The molecule has 0 spiro atoms. The quantitative estimate of drug-likeness (QED) is 0.467. The minimum absolute atomic E-state index is 0.237. The number of benzene rings is 2. The third-order valence-electron chi connectivity index (χ3n) is 5.12. The number of carbonyl (C=O) groups excluding carboxylic acids is 1. The van der Waals surface area contributed by atoms with Gasteiger partial charge < -0.3 is 5.32 Å². The lowest BCUT2D eigenvalue weighted by atomic mass is 10.0. The second kappa shape index (κ2) is 8.46. The van der Waals surface area contributed by atoms with Gasteiger partial charge in [0, 0.05) is 34.4 Å². The van der Waals surface area contributed by atoms with Crippen LogP contribution < -0.4 is 5.32 Å². The third-order valence-corrected chi connectivity index (χ3v) is 5.72. The molecule has 2 aromatic heterocycles. The number of nitrogens with zero attached hydrogens (tertiary/aromatic N) is 3. The van der Waals surface area contributed by atoms with E-state index in [4.69, 9.17) is 23.2 Å². The van der Waals surface area contributed by atoms with Crippen molar-refractivity contribution in [2.24, 2.45) is 0 Å². The molecular formula is C23H20Cl2N4O. The summed E-state index contributed by atoms with van der Waals surface area (Å²) >= 11 is 12.3. The zero-order chi connectivity index (χ0) is 21.3. The van der Waals surface area contributed by atoms with Crippen molar-refractivity contribution < 1.29 is 4.79 Å². The van der Waals surface area contributed by atoms with Crippen LogP contribution in [0, 0.1) is 13.8 Å². The zero-order valence-corrected chi connectivity index (χ0v) is 18.1. The standard InChI is InChI=1S/C23H20Cl2N4O/c1-14-19(11-16-6-5-8-18(24)10-16)15(2)29-22(28-14)20(13-27-29)23(30)26-12-17-7-3-4-9-21(17)25/h3-10,13H,11-12H2,1-2H3,(H,26,30). The van der Waals surface area contributed by atoms with Gasteiger partial charge in [-0.25, -0.2) is 9.50 Å². The second-order valence-corrected chi connectivity index (χ2v) is 7.98. The minimum atomic E-state index is -0.237. The van der Waals surface area contributed by atoms with E-state index in [2.05, 4.69) is 15.4 Å². The van der Waals surface area contributed by atoms with Gasteiger partial charge >= 0.3 is 0 Å². The van der Waals surface area contributed by atoms with Gasteiger partial charge in [-0.3, -0.25) is 4.79 Å². The monoisotopic (exact) mass is 438 g/mol. The van der Waals surface area contributed by atoms with Gasteiger partial charge in [-0.05, 0) is 48.7 Å². The van der Waals surface area contributed by atoms with Crippen LogP contribution in [0.3, 0.4) is 0 Å². The number of carbonyl (C=O) groups is 1. The largest absolute Gasteiger partial charge is 0.348 e. The van der Waals surface area contributed by atoms with Gasteiger partial charge in [0.2, 0.25) is 0 Å². The molecular weight excluding hydrogens is 419 g/mol. The molecule has 0 unspecified atom stereocenters. The van der Waals surface area contributed by atoms with E-state index >= 15 is 0 Å². The molecule has 0 aliphatic rings. The van der Waals surface area contributed by atoms with Crippen LogP contribution in [-0.4, -0.2) is 20.5 Å². The highest BCUT2D eigenvalue weighted by Crippen LogP contribution is 2.22. The van der Waals surface area contributed by atoms with Crippen molar-refractivity contribution in [3.05, 3.63) is 98.4 Å². The number of nitrogens with one attached hydrogen (secondary N) is 1. The summed E-state index contributed by atoms with van der Waals surface area (Å²) in [5.41, 5.74) is 5.80. The fraction of sp³-hybridized carbons (Fsp3) is 0.174. The summed E-state index contributed by atoms with van der Waals surface area (Å²) in [6, 6.07) is 15.2. The van der Waals surface area contributed by atoms with E-state index in [0.717, 1.165) is 28.1 Å². The topological polar surface area (TPSA) is 59.3 Å². The van der Waals surface area contributed by atoms with Crippen LogP contribution in [-0.2, 0) is 13.0 Å². The Kier molecular flexibility index (Phi) is 5.75. The van der Waals surface area contributed by atoms with Crippen molar-refractivity contribution >= 4 is 34.8 Å². The van der Waals surface area contributed by atoms with Crippen LogP contribution in [0.15, 0.2) is 54.7 Å². The summed E-state index contributed by atoms with van der Waals surface area (Å²) < 4.78 is 1.72. The number of hydrogen-bond acceptors (Lipinski definition) is 3. The molecule has 0 atom stereocenters. The Hall–Kier alpha value is -2.89. The molecule has 4 aromatic rings. The Morgan fingerprint density at radius 1 is 1.10 bits per heavy atom. The normalized spacial score (nSPS) is 11.1. The predicted molar refractivity (Wildman–Crippen MR) is 119 cm³/mol. The van der Waals surface area contributed by atoms with Gasteiger partial charge in [-0.1, -0.05) is 53.5 Å². The molecule has 0 saturated carbocycles. The van der Waals surface area contributed by atoms with E-state index in [1.807, 2.05) is 56.3 Å². The maximum Gasteiger partial charge on any atom is 0.257 e. The molecule has 0 aliphatic carbocycles. The third kappa shape index (κ3) is 4.04. The number of aryl methyl sites for hydroxylation is 2. The molecule has 2 heterocycles. The van der Waals surface area contributed by atoms with Crippen molar-refractivity contribution in [1.82, 2.24) is 19.9 Å². The van der Waals surface area contributed by atoms with Crippen LogP contribution in [0.4, 0.5) is 0 Å². The molecule has 2 aromatic carbocycles. The Balaban J connectivity index is 1.62. The number of fused-ring (bicyclic) bond motifs is 1. The van der Waals surface area contributed by atoms with E-state index in [-0.39, 0.29) is 5.91 Å². The molecule has 0 fully saturated rings. The summed E-state index contributed by atoms with van der Waals surface area (Å²) in [6.07, 6.45) is 2.24. The van der Waals surface area contributed by atoms with Crippen molar-refractivity contribution in [3.8, 4) is 0 Å². The highest BCUT2D eigenvalue weighted by atomic mass is 35.5. The van der Waals surface area contributed by atoms with E-state index in [0.29, 0.717) is 34.2 Å². The second-order valence-electron chi connectivity index (χ2n) is 7.14. The van der Waals surface area contributed by atoms with Crippen LogP contribution >= 0.6 is 23.2 Å². The number of hydrogen-bond donors (Lipinski definition) is 1.